The van der Waals surface area contributed by atoms with Gasteiger partial charge in [-0.1, -0.05) is 36.0 Å². The maximum atomic E-state index is 4.50. The standard InChI is InChI=1S/C32H22N6S2/c1-5-23(37-25-9-13-33-17-29(25)39-30-18-34-14-10-26(30)37)6-2-21(1)22-3-7-24(8-4-22)38-27-11-15-35-19-31(27)40-32-20-36-16-12-28(32)38/h1-19,32H,20H2. The molecule has 0 fully saturated rings. The highest BCUT2D eigenvalue weighted by atomic mass is 32.2. The largest absolute Gasteiger partial charge is 0.312 e. The lowest BCUT2D eigenvalue weighted by Crippen LogP contribution is -2.32. The monoisotopic (exact) mass is 554 g/mol. The van der Waals surface area contributed by atoms with Crippen molar-refractivity contribution < 1.29 is 0 Å². The second kappa shape index (κ2) is 9.66. The molecule has 2 aromatic carbocycles. The van der Waals surface area contributed by atoms with Crippen LogP contribution in [0.5, 0.6) is 0 Å². The van der Waals surface area contributed by atoms with Crippen LogP contribution in [0.4, 0.5) is 28.4 Å². The second-order valence-corrected chi connectivity index (χ2v) is 11.9. The predicted octanol–water partition coefficient (Wildman–Crippen LogP) is 8.05. The molecule has 0 spiro atoms. The Balaban J connectivity index is 1.12. The van der Waals surface area contributed by atoms with Gasteiger partial charge in [0.2, 0.25) is 0 Å². The van der Waals surface area contributed by atoms with Gasteiger partial charge in [0.05, 0.1) is 43.5 Å². The highest BCUT2D eigenvalue weighted by Gasteiger charge is 2.32. The molecule has 0 amide bonds. The van der Waals surface area contributed by atoms with Crippen molar-refractivity contribution in [1.29, 1.82) is 0 Å². The van der Waals surface area contributed by atoms with E-state index in [-0.39, 0.29) is 0 Å². The third-order valence-corrected chi connectivity index (χ3v) is 9.61. The molecule has 8 heteroatoms. The van der Waals surface area contributed by atoms with Crippen molar-refractivity contribution in [2.24, 2.45) is 4.99 Å². The zero-order valence-electron chi connectivity index (χ0n) is 21.3. The van der Waals surface area contributed by atoms with Gasteiger partial charge in [0.1, 0.15) is 0 Å². The van der Waals surface area contributed by atoms with Crippen molar-refractivity contribution in [3.63, 3.8) is 0 Å². The SMILES string of the molecule is C1=NCC2Sc3cnccc3N(c3ccc(-c4ccc(N5c6ccncc6Sc6cnccc65)cc4)cc3)C2=C1. The number of aromatic nitrogens is 3. The Labute approximate surface area is 240 Å². The van der Waals surface area contributed by atoms with Gasteiger partial charge in [-0.25, -0.2) is 0 Å². The fourth-order valence-corrected chi connectivity index (χ4v) is 7.60. The van der Waals surface area contributed by atoms with Crippen molar-refractivity contribution in [3.05, 3.63) is 116 Å². The van der Waals surface area contributed by atoms with E-state index in [0.717, 1.165) is 39.1 Å². The van der Waals surface area contributed by atoms with Gasteiger partial charge < -0.3 is 9.80 Å². The summed E-state index contributed by atoms with van der Waals surface area (Å²) in [6.07, 6.45) is 15.4. The van der Waals surface area contributed by atoms with Crippen LogP contribution in [0.1, 0.15) is 0 Å². The van der Waals surface area contributed by atoms with Crippen LogP contribution in [0.15, 0.2) is 135 Å². The number of aliphatic imine (C=N–C) groups is 1. The first-order valence-corrected chi connectivity index (χ1v) is 14.7. The smallest absolute Gasteiger partial charge is 0.0698 e. The average Bonchev–Trinajstić information content (AvgIpc) is 3.03. The molecule has 0 bridgehead atoms. The minimum atomic E-state index is 0.295. The number of pyridine rings is 3. The Kier molecular flexibility index (Phi) is 5.67. The predicted molar refractivity (Wildman–Crippen MR) is 164 cm³/mol. The van der Waals surface area contributed by atoms with E-state index in [1.165, 1.54) is 27.4 Å². The number of nitrogens with zero attached hydrogens (tertiary/aromatic N) is 6. The summed E-state index contributed by atoms with van der Waals surface area (Å²) in [6.45, 7) is 0.781. The summed E-state index contributed by atoms with van der Waals surface area (Å²) >= 11 is 3.56. The van der Waals surface area contributed by atoms with E-state index >= 15 is 0 Å². The zero-order chi connectivity index (χ0) is 26.5. The van der Waals surface area contributed by atoms with Crippen LogP contribution in [0.3, 0.4) is 0 Å². The van der Waals surface area contributed by atoms with Gasteiger partial charge in [-0.15, -0.1) is 11.8 Å². The average molecular weight is 555 g/mol. The zero-order valence-corrected chi connectivity index (χ0v) is 22.9. The third kappa shape index (κ3) is 3.91. The number of thioether (sulfide) groups is 1. The highest BCUT2D eigenvalue weighted by molar-refractivity contribution is 8.00. The molecule has 3 aliphatic rings. The molecule has 3 aliphatic heterocycles. The summed E-state index contributed by atoms with van der Waals surface area (Å²) in [4.78, 5) is 25.6. The van der Waals surface area contributed by atoms with E-state index in [2.05, 4.69) is 103 Å². The summed E-state index contributed by atoms with van der Waals surface area (Å²) in [5.41, 5.74) is 9.29. The van der Waals surface area contributed by atoms with E-state index in [0.29, 0.717) is 5.25 Å². The molecular weight excluding hydrogens is 533 g/mol. The Morgan fingerprint density at radius 1 is 0.600 bits per heavy atom. The van der Waals surface area contributed by atoms with E-state index in [9.17, 15) is 0 Å². The first-order chi connectivity index (χ1) is 19.8. The summed E-state index contributed by atoms with van der Waals surface area (Å²) in [5, 5.41) is 0.295. The molecule has 1 atom stereocenters. The highest BCUT2D eigenvalue weighted by Crippen LogP contribution is 2.51. The number of anilines is 5. The van der Waals surface area contributed by atoms with Gasteiger partial charge in [0.15, 0.2) is 0 Å². The number of allylic oxidation sites excluding steroid dienone is 1. The lowest BCUT2D eigenvalue weighted by molar-refractivity contribution is 0.900. The minimum absolute atomic E-state index is 0.295. The third-order valence-electron chi connectivity index (χ3n) is 7.29. The summed E-state index contributed by atoms with van der Waals surface area (Å²) in [5.74, 6) is 0. The Morgan fingerprint density at radius 2 is 1.12 bits per heavy atom. The first-order valence-electron chi connectivity index (χ1n) is 13.0. The Hall–Kier alpha value is -4.40. The molecule has 0 aliphatic carbocycles. The van der Waals surface area contributed by atoms with Crippen molar-refractivity contribution in [2.75, 3.05) is 16.3 Å². The molecule has 0 saturated carbocycles. The number of rotatable bonds is 3. The molecule has 0 N–H and O–H groups in total. The maximum absolute atomic E-state index is 4.50. The molecule has 3 aromatic heterocycles. The van der Waals surface area contributed by atoms with Crippen molar-refractivity contribution in [3.8, 4) is 11.1 Å². The van der Waals surface area contributed by atoms with Gasteiger partial charge in [0, 0.05) is 60.5 Å². The summed E-state index contributed by atoms with van der Waals surface area (Å²) in [6, 6.07) is 23.9. The molecule has 1 unspecified atom stereocenters. The second-order valence-electron chi connectivity index (χ2n) is 9.61. The van der Waals surface area contributed by atoms with E-state index < -0.39 is 0 Å². The summed E-state index contributed by atoms with van der Waals surface area (Å²) < 4.78 is 0. The van der Waals surface area contributed by atoms with Gasteiger partial charge in [-0.3, -0.25) is 19.9 Å². The van der Waals surface area contributed by atoms with E-state index in [1.54, 1.807) is 11.8 Å². The minimum Gasteiger partial charge on any atom is -0.312 e. The molecule has 8 rings (SSSR count). The molecular formula is C32H22N6S2. The van der Waals surface area contributed by atoms with E-state index in [4.69, 9.17) is 0 Å². The topological polar surface area (TPSA) is 57.5 Å². The van der Waals surface area contributed by atoms with Gasteiger partial charge >= 0.3 is 0 Å². The van der Waals surface area contributed by atoms with Crippen molar-refractivity contribution in [1.82, 2.24) is 15.0 Å². The van der Waals surface area contributed by atoms with Crippen LogP contribution >= 0.6 is 23.5 Å². The van der Waals surface area contributed by atoms with Crippen LogP contribution in [-0.4, -0.2) is 33.0 Å². The lowest BCUT2D eigenvalue weighted by atomic mass is 10.0. The molecule has 6 heterocycles. The molecule has 6 nitrogen and oxygen atoms in total. The quantitative estimate of drug-likeness (QED) is 0.219. The first kappa shape index (κ1) is 23.5. The van der Waals surface area contributed by atoms with Crippen molar-refractivity contribution >= 4 is 58.2 Å². The van der Waals surface area contributed by atoms with Crippen molar-refractivity contribution in [2.45, 2.75) is 19.9 Å². The van der Waals surface area contributed by atoms with Crippen LogP contribution < -0.4 is 9.80 Å². The fraction of sp³-hybridized carbons (Fsp3) is 0.0625. The Bertz CT molecular complexity index is 1750. The van der Waals surface area contributed by atoms with Crippen LogP contribution in [0.25, 0.3) is 11.1 Å². The molecule has 0 saturated heterocycles. The van der Waals surface area contributed by atoms with Crippen LogP contribution in [0.2, 0.25) is 0 Å². The number of dihydropyridines is 1. The Morgan fingerprint density at radius 3 is 1.73 bits per heavy atom. The number of hydrogen-bond acceptors (Lipinski definition) is 8. The number of benzene rings is 2. The van der Waals surface area contributed by atoms with Crippen LogP contribution in [0, 0.1) is 0 Å². The van der Waals surface area contributed by atoms with E-state index in [1.807, 2.05) is 55.2 Å². The molecule has 40 heavy (non-hydrogen) atoms. The fourth-order valence-electron chi connectivity index (χ4n) is 5.44. The number of fused-ring (bicyclic) bond motifs is 4. The molecule has 5 aromatic rings. The van der Waals surface area contributed by atoms with Gasteiger partial charge in [0.25, 0.3) is 0 Å². The molecule has 192 valence electrons. The van der Waals surface area contributed by atoms with Gasteiger partial charge in [-0.2, -0.15) is 0 Å². The summed E-state index contributed by atoms with van der Waals surface area (Å²) in [7, 11) is 0. The normalized spacial score (nSPS) is 16.9. The lowest BCUT2D eigenvalue weighted by Gasteiger charge is -2.38. The maximum Gasteiger partial charge on any atom is 0.0698 e. The van der Waals surface area contributed by atoms with Gasteiger partial charge in [-0.05, 0) is 59.7 Å². The number of hydrogen-bond donors (Lipinski definition) is 0. The molecule has 0 radical (unpaired) electrons. The van der Waals surface area contributed by atoms with Crippen LogP contribution in [-0.2, 0) is 0 Å².